The van der Waals surface area contributed by atoms with E-state index in [1.807, 2.05) is 48.5 Å². The summed E-state index contributed by atoms with van der Waals surface area (Å²) in [5.41, 5.74) is 2.49. The third-order valence-corrected chi connectivity index (χ3v) is 6.80. The number of hydrogen-bond donors (Lipinski definition) is 0. The summed E-state index contributed by atoms with van der Waals surface area (Å²) in [7, 11) is 4.70. The van der Waals surface area contributed by atoms with Gasteiger partial charge in [0, 0.05) is 50.8 Å². The summed E-state index contributed by atoms with van der Waals surface area (Å²) < 4.78 is 21.5. The van der Waals surface area contributed by atoms with Crippen molar-refractivity contribution in [3.05, 3.63) is 59.7 Å². The Morgan fingerprint density at radius 2 is 1.84 bits per heavy atom. The van der Waals surface area contributed by atoms with Crippen LogP contribution < -0.4 is 9.47 Å². The number of methoxy groups -OCH3 is 3. The molecule has 0 aromatic heterocycles. The molecular formula is C28H36N4O6. The highest BCUT2D eigenvalue weighted by Gasteiger charge is 2.36. The number of morpholine rings is 1. The summed E-state index contributed by atoms with van der Waals surface area (Å²) >= 11 is 0. The van der Waals surface area contributed by atoms with Crippen LogP contribution in [0.1, 0.15) is 23.6 Å². The molecule has 1 fully saturated rings. The van der Waals surface area contributed by atoms with Gasteiger partial charge in [0.1, 0.15) is 24.7 Å². The second kappa shape index (κ2) is 13.4. The summed E-state index contributed by atoms with van der Waals surface area (Å²) in [6.07, 6.45) is 0.499. The number of rotatable bonds is 11. The third-order valence-electron chi connectivity index (χ3n) is 6.80. The van der Waals surface area contributed by atoms with Gasteiger partial charge in [0.15, 0.2) is 0 Å². The molecule has 0 unspecified atom stereocenters. The highest BCUT2D eigenvalue weighted by atomic mass is 16.5. The van der Waals surface area contributed by atoms with Crippen LogP contribution in [-0.2, 0) is 19.1 Å². The average molecular weight is 525 g/mol. The van der Waals surface area contributed by atoms with Gasteiger partial charge in [-0.3, -0.25) is 14.5 Å². The van der Waals surface area contributed by atoms with Crippen molar-refractivity contribution in [3.8, 4) is 11.5 Å². The van der Waals surface area contributed by atoms with E-state index < -0.39 is 0 Å². The van der Waals surface area contributed by atoms with Gasteiger partial charge >= 0.3 is 0 Å². The molecule has 0 aliphatic carbocycles. The van der Waals surface area contributed by atoms with Gasteiger partial charge < -0.3 is 23.8 Å². The number of carbonyl (C=O) groups excluding carboxylic acids is 2. The zero-order valence-electron chi connectivity index (χ0n) is 22.3. The van der Waals surface area contributed by atoms with Crippen LogP contribution in [0.2, 0.25) is 0 Å². The molecule has 10 heteroatoms. The first-order chi connectivity index (χ1) is 18.5. The summed E-state index contributed by atoms with van der Waals surface area (Å²) in [4.78, 5) is 30.5. The molecule has 2 aromatic carbocycles. The molecule has 10 nitrogen and oxygen atoms in total. The normalized spacial score (nSPS) is 17.7. The zero-order valence-corrected chi connectivity index (χ0v) is 22.3. The van der Waals surface area contributed by atoms with E-state index in [0.717, 1.165) is 29.9 Å². The van der Waals surface area contributed by atoms with Gasteiger partial charge in [0.05, 0.1) is 39.2 Å². The maximum absolute atomic E-state index is 13.8. The number of para-hydroxylation sites is 1. The Bertz CT molecular complexity index is 1130. The molecule has 1 saturated heterocycles. The highest BCUT2D eigenvalue weighted by molar-refractivity contribution is 6.03. The van der Waals surface area contributed by atoms with Crippen LogP contribution in [0.3, 0.4) is 0 Å². The molecule has 0 N–H and O–H groups in total. The summed E-state index contributed by atoms with van der Waals surface area (Å²) in [5, 5.41) is 6.26. The van der Waals surface area contributed by atoms with Crippen molar-refractivity contribution in [2.24, 2.45) is 5.10 Å². The maximum atomic E-state index is 13.8. The Labute approximate surface area is 223 Å². The van der Waals surface area contributed by atoms with E-state index in [2.05, 4.69) is 4.90 Å². The van der Waals surface area contributed by atoms with Crippen molar-refractivity contribution >= 4 is 17.5 Å². The number of hydrogen-bond acceptors (Lipinski definition) is 8. The fourth-order valence-electron chi connectivity index (χ4n) is 4.73. The monoisotopic (exact) mass is 524 g/mol. The molecular weight excluding hydrogens is 488 g/mol. The standard InChI is InChI=1S/C28H36N4O6/c1-35-20-28(34)31(12-11-30-13-15-38-16-14-30)19-27(33)32-25(23-9-4-5-10-26(23)37-3)18-24(29-32)21-7-6-8-22(17-21)36-2/h4-10,17,25H,11-16,18-20H2,1-3H3/t25-/m1/s1. The summed E-state index contributed by atoms with van der Waals surface area (Å²) in [6.45, 7) is 3.81. The molecule has 0 bridgehead atoms. The lowest BCUT2D eigenvalue weighted by atomic mass is 9.97. The van der Waals surface area contributed by atoms with Gasteiger partial charge in [-0.1, -0.05) is 30.3 Å². The molecule has 4 rings (SSSR count). The minimum atomic E-state index is -0.376. The van der Waals surface area contributed by atoms with Crippen molar-refractivity contribution in [1.82, 2.24) is 14.8 Å². The molecule has 2 aliphatic heterocycles. The molecule has 204 valence electrons. The number of hydrazone groups is 1. The minimum absolute atomic E-state index is 0.0926. The maximum Gasteiger partial charge on any atom is 0.262 e. The number of amides is 2. The second-order valence-electron chi connectivity index (χ2n) is 9.18. The van der Waals surface area contributed by atoms with E-state index in [4.69, 9.17) is 24.0 Å². The lowest BCUT2D eigenvalue weighted by Crippen LogP contribution is -2.47. The number of ether oxygens (including phenoxy) is 4. The molecule has 2 heterocycles. The van der Waals surface area contributed by atoms with E-state index in [0.29, 0.717) is 44.2 Å². The van der Waals surface area contributed by atoms with E-state index in [-0.39, 0.29) is 31.0 Å². The molecule has 2 amide bonds. The van der Waals surface area contributed by atoms with E-state index in [1.54, 1.807) is 19.1 Å². The average Bonchev–Trinajstić information content (AvgIpc) is 3.41. The largest absolute Gasteiger partial charge is 0.497 e. The van der Waals surface area contributed by atoms with Crippen molar-refractivity contribution in [2.45, 2.75) is 12.5 Å². The molecule has 2 aliphatic rings. The zero-order chi connectivity index (χ0) is 26.9. The van der Waals surface area contributed by atoms with Gasteiger partial charge in [-0.25, -0.2) is 5.01 Å². The Balaban J connectivity index is 1.59. The lowest BCUT2D eigenvalue weighted by Gasteiger charge is -2.31. The summed E-state index contributed by atoms with van der Waals surface area (Å²) in [5.74, 6) is 0.879. The van der Waals surface area contributed by atoms with Crippen LogP contribution in [0.15, 0.2) is 53.6 Å². The van der Waals surface area contributed by atoms with Gasteiger partial charge in [0.2, 0.25) is 5.91 Å². The lowest BCUT2D eigenvalue weighted by molar-refractivity contribution is -0.143. The first-order valence-corrected chi connectivity index (χ1v) is 12.8. The van der Waals surface area contributed by atoms with Crippen molar-refractivity contribution in [2.75, 3.05) is 73.9 Å². The third kappa shape index (κ3) is 6.69. The number of benzene rings is 2. The fraction of sp³-hybridized carbons (Fsp3) is 0.464. The molecule has 2 aromatic rings. The Kier molecular flexibility index (Phi) is 9.69. The first-order valence-electron chi connectivity index (χ1n) is 12.8. The van der Waals surface area contributed by atoms with Crippen molar-refractivity contribution in [3.63, 3.8) is 0 Å². The second-order valence-corrected chi connectivity index (χ2v) is 9.18. The predicted octanol–water partition coefficient (Wildman–Crippen LogP) is 2.19. The van der Waals surface area contributed by atoms with Gasteiger partial charge in [0.25, 0.3) is 5.91 Å². The molecule has 0 saturated carbocycles. The summed E-state index contributed by atoms with van der Waals surface area (Å²) in [6, 6.07) is 14.9. The van der Waals surface area contributed by atoms with Crippen LogP contribution in [0.5, 0.6) is 11.5 Å². The topological polar surface area (TPSA) is 93.1 Å². The number of carbonyl (C=O) groups is 2. The predicted molar refractivity (Wildman–Crippen MR) is 142 cm³/mol. The Morgan fingerprint density at radius 3 is 2.58 bits per heavy atom. The molecule has 1 atom stereocenters. The van der Waals surface area contributed by atoms with Gasteiger partial charge in [-0.15, -0.1) is 0 Å². The molecule has 38 heavy (non-hydrogen) atoms. The van der Waals surface area contributed by atoms with Gasteiger partial charge in [-0.05, 0) is 18.2 Å². The smallest absolute Gasteiger partial charge is 0.262 e. The van der Waals surface area contributed by atoms with Crippen LogP contribution in [0, 0.1) is 0 Å². The highest BCUT2D eigenvalue weighted by Crippen LogP contribution is 2.37. The van der Waals surface area contributed by atoms with E-state index in [1.165, 1.54) is 12.1 Å². The van der Waals surface area contributed by atoms with Crippen LogP contribution in [0.25, 0.3) is 0 Å². The van der Waals surface area contributed by atoms with Crippen molar-refractivity contribution in [1.29, 1.82) is 0 Å². The van der Waals surface area contributed by atoms with Gasteiger partial charge in [-0.2, -0.15) is 5.10 Å². The van der Waals surface area contributed by atoms with E-state index in [9.17, 15) is 9.59 Å². The van der Waals surface area contributed by atoms with Crippen LogP contribution in [-0.4, -0.2) is 106 Å². The Morgan fingerprint density at radius 1 is 1.05 bits per heavy atom. The van der Waals surface area contributed by atoms with Crippen molar-refractivity contribution < 1.29 is 28.5 Å². The number of nitrogens with zero attached hydrogens (tertiary/aromatic N) is 4. The van der Waals surface area contributed by atoms with Crippen LogP contribution in [0.4, 0.5) is 0 Å². The SMILES string of the molecule is COCC(=O)N(CCN1CCOCC1)CC(=O)N1N=C(c2cccc(OC)c2)C[C@@H]1c1ccccc1OC. The molecule has 0 radical (unpaired) electrons. The quantitative estimate of drug-likeness (QED) is 0.445. The molecule has 0 spiro atoms. The first kappa shape index (κ1) is 27.6. The Hall–Kier alpha value is -3.47. The fourth-order valence-corrected chi connectivity index (χ4v) is 4.73. The van der Waals surface area contributed by atoms with Crippen LogP contribution >= 0.6 is 0 Å². The minimum Gasteiger partial charge on any atom is -0.497 e. The van der Waals surface area contributed by atoms with E-state index >= 15 is 0 Å².